The predicted molar refractivity (Wildman–Crippen MR) is 117 cm³/mol. The Balaban J connectivity index is 1.64. The van der Waals surface area contributed by atoms with Crippen molar-refractivity contribution in [3.05, 3.63) is 60.1 Å². The number of anilines is 1. The third kappa shape index (κ3) is 4.19. The monoisotopic (exact) mass is 459 g/mol. The Hall–Kier alpha value is -3.01. The molecule has 8 nitrogen and oxygen atoms in total. The van der Waals surface area contributed by atoms with E-state index >= 15 is 4.39 Å². The van der Waals surface area contributed by atoms with Crippen LogP contribution in [-0.4, -0.2) is 33.8 Å². The van der Waals surface area contributed by atoms with E-state index in [1.54, 1.807) is 6.20 Å². The fourth-order valence-electron chi connectivity index (χ4n) is 4.37. The van der Waals surface area contributed by atoms with Crippen LogP contribution in [0.5, 0.6) is 5.75 Å². The molecule has 1 fully saturated rings. The molecule has 3 aromatic rings. The van der Waals surface area contributed by atoms with E-state index in [1.807, 2.05) is 24.7 Å². The third-order valence-corrected chi connectivity index (χ3v) is 7.50. The number of nitrogens with zero attached hydrogens (tertiary/aromatic N) is 4. The van der Waals surface area contributed by atoms with Gasteiger partial charge in [-0.3, -0.25) is 9.40 Å². The Morgan fingerprint density at radius 3 is 2.72 bits per heavy atom. The Labute approximate surface area is 186 Å². The lowest BCUT2D eigenvalue weighted by molar-refractivity contribution is 0.0223. The van der Waals surface area contributed by atoms with Crippen LogP contribution in [0.3, 0.4) is 0 Å². The molecular weight excluding hydrogens is 433 g/mol. The molecule has 2 atom stereocenters. The third-order valence-electron chi connectivity index (χ3n) is 6.12. The molecule has 170 valence electrons. The minimum Gasteiger partial charge on any atom is -0.486 e. The van der Waals surface area contributed by atoms with E-state index in [-0.39, 0.29) is 17.3 Å². The minimum absolute atomic E-state index is 0.0612. The number of aromatic nitrogens is 4. The van der Waals surface area contributed by atoms with Crippen LogP contribution in [0.4, 0.5) is 10.2 Å². The lowest BCUT2D eigenvalue weighted by Gasteiger charge is -2.42. The first-order valence-electron chi connectivity index (χ1n) is 10.5. The van der Waals surface area contributed by atoms with Crippen molar-refractivity contribution in [2.45, 2.75) is 55.9 Å². The smallest absolute Gasteiger partial charge is 0.265 e. The maximum atomic E-state index is 15.2. The van der Waals surface area contributed by atoms with Crippen LogP contribution in [0.2, 0.25) is 0 Å². The van der Waals surface area contributed by atoms with Gasteiger partial charge >= 0.3 is 0 Å². The molecule has 0 bridgehead atoms. The van der Waals surface area contributed by atoms with Crippen molar-refractivity contribution in [1.29, 1.82) is 0 Å². The minimum atomic E-state index is -4.17. The van der Waals surface area contributed by atoms with Crippen molar-refractivity contribution < 1.29 is 17.5 Å². The van der Waals surface area contributed by atoms with Gasteiger partial charge in [0.1, 0.15) is 34.2 Å². The van der Waals surface area contributed by atoms with Gasteiger partial charge in [0.25, 0.3) is 10.0 Å². The Morgan fingerprint density at radius 1 is 1.22 bits per heavy atom. The zero-order chi connectivity index (χ0) is 22.9. The van der Waals surface area contributed by atoms with E-state index in [4.69, 9.17) is 4.74 Å². The fourth-order valence-corrected chi connectivity index (χ4v) is 5.51. The Kier molecular flexibility index (Phi) is 5.89. The van der Waals surface area contributed by atoms with Crippen molar-refractivity contribution >= 4 is 15.8 Å². The second-order valence-corrected chi connectivity index (χ2v) is 9.94. The number of ether oxygens (including phenoxy) is 1. The number of hydrogen-bond donors (Lipinski definition) is 1. The van der Waals surface area contributed by atoms with Gasteiger partial charge in [-0.2, -0.15) is 5.10 Å². The van der Waals surface area contributed by atoms with Crippen LogP contribution in [-0.2, 0) is 17.1 Å². The van der Waals surface area contributed by atoms with Gasteiger partial charge in [-0.05, 0) is 57.4 Å². The molecule has 1 aromatic carbocycles. The predicted octanol–water partition coefficient (Wildman–Crippen LogP) is 3.95. The molecule has 0 radical (unpaired) electrons. The highest BCUT2D eigenvalue weighted by molar-refractivity contribution is 7.92. The molecule has 0 saturated heterocycles. The number of benzene rings is 1. The maximum absolute atomic E-state index is 15.2. The van der Waals surface area contributed by atoms with E-state index in [0.717, 1.165) is 31.4 Å². The number of halogens is 1. The molecule has 0 unspecified atom stereocenters. The summed E-state index contributed by atoms with van der Waals surface area (Å²) in [7, 11) is -2.26. The summed E-state index contributed by atoms with van der Waals surface area (Å²) in [6, 6.07) is 6.13. The molecule has 1 saturated carbocycles. The molecule has 0 spiro atoms. The molecular formula is C22H26FN5O3S. The number of aryl methyl sites for hydroxylation is 1. The van der Waals surface area contributed by atoms with Gasteiger partial charge in [0.2, 0.25) is 0 Å². The molecule has 2 aromatic heterocycles. The summed E-state index contributed by atoms with van der Waals surface area (Å²) in [6.45, 7) is 3.56. The first-order valence-corrected chi connectivity index (χ1v) is 11.9. The lowest BCUT2D eigenvalue weighted by Crippen LogP contribution is -2.42. The van der Waals surface area contributed by atoms with Gasteiger partial charge < -0.3 is 4.74 Å². The van der Waals surface area contributed by atoms with Crippen LogP contribution >= 0.6 is 0 Å². The summed E-state index contributed by atoms with van der Waals surface area (Å²) in [4.78, 5) is 7.11. The van der Waals surface area contributed by atoms with Crippen molar-refractivity contribution in [2.75, 3.05) is 4.72 Å². The molecule has 4 rings (SSSR count). The van der Waals surface area contributed by atoms with E-state index < -0.39 is 26.3 Å². The highest BCUT2D eigenvalue weighted by Gasteiger charge is 2.41. The second kappa shape index (κ2) is 8.50. The highest BCUT2D eigenvalue weighted by atomic mass is 32.2. The summed E-state index contributed by atoms with van der Waals surface area (Å²) in [5, 5.41) is 4.29. The van der Waals surface area contributed by atoms with Gasteiger partial charge in [-0.25, -0.2) is 22.8 Å². The van der Waals surface area contributed by atoms with E-state index in [2.05, 4.69) is 19.8 Å². The number of hydrogen-bond acceptors (Lipinski definition) is 6. The topological polar surface area (TPSA) is 99.0 Å². The molecule has 2 heterocycles. The van der Waals surface area contributed by atoms with Crippen LogP contribution in [0.15, 0.2) is 47.9 Å². The second-order valence-electron chi connectivity index (χ2n) is 8.29. The van der Waals surface area contributed by atoms with Crippen molar-refractivity contribution in [2.24, 2.45) is 7.05 Å². The summed E-state index contributed by atoms with van der Waals surface area (Å²) < 4.78 is 51.2. The van der Waals surface area contributed by atoms with Crippen molar-refractivity contribution in [1.82, 2.24) is 19.7 Å². The maximum Gasteiger partial charge on any atom is 0.265 e. The van der Waals surface area contributed by atoms with E-state index in [9.17, 15) is 8.42 Å². The lowest BCUT2D eigenvalue weighted by atomic mass is 9.74. The SMILES string of the molecule is Cc1c(O[C@]2(C)CCCC[C@@H]2c2ccnn2C)ccc(S(=O)(=O)Nc2ccncn2)c1F. The zero-order valence-corrected chi connectivity index (χ0v) is 19.1. The quantitative estimate of drug-likeness (QED) is 0.599. The molecule has 32 heavy (non-hydrogen) atoms. The Bertz CT molecular complexity index is 1220. The van der Waals surface area contributed by atoms with E-state index in [0.29, 0.717) is 5.75 Å². The standard InChI is InChI=1S/C22H26FN5O3S/c1-15-18(31-22(2)11-5-4-6-16(22)17-9-13-26-28(17)3)7-8-19(21(15)23)32(29,30)27-20-10-12-24-14-25-20/h7-10,12-14,16H,4-6,11H2,1-3H3,(H,24,25,27)/t16-,22-/m1/s1. The van der Waals surface area contributed by atoms with Gasteiger partial charge in [0.15, 0.2) is 0 Å². The van der Waals surface area contributed by atoms with Crippen molar-refractivity contribution in [3.8, 4) is 5.75 Å². The number of sulfonamides is 1. The molecule has 0 aliphatic heterocycles. The van der Waals surface area contributed by atoms with Gasteiger partial charge in [0.05, 0.1) is 0 Å². The molecule has 1 N–H and O–H groups in total. The van der Waals surface area contributed by atoms with Gasteiger partial charge in [0, 0.05) is 36.6 Å². The Morgan fingerprint density at radius 2 is 2.03 bits per heavy atom. The number of rotatable bonds is 6. The summed E-state index contributed by atoms with van der Waals surface area (Å²) in [6.07, 6.45) is 8.19. The van der Waals surface area contributed by atoms with Crippen LogP contribution in [0, 0.1) is 12.7 Å². The van der Waals surface area contributed by atoms with Gasteiger partial charge in [-0.15, -0.1) is 0 Å². The summed E-state index contributed by atoms with van der Waals surface area (Å²) in [5.74, 6) is -0.360. The summed E-state index contributed by atoms with van der Waals surface area (Å²) >= 11 is 0. The van der Waals surface area contributed by atoms with Crippen LogP contribution < -0.4 is 9.46 Å². The highest BCUT2D eigenvalue weighted by Crippen LogP contribution is 2.44. The molecule has 1 aliphatic carbocycles. The van der Waals surface area contributed by atoms with Crippen LogP contribution in [0.25, 0.3) is 0 Å². The average molecular weight is 460 g/mol. The van der Waals surface area contributed by atoms with Crippen LogP contribution in [0.1, 0.15) is 49.8 Å². The number of nitrogens with one attached hydrogen (secondary N) is 1. The average Bonchev–Trinajstić information content (AvgIpc) is 3.17. The summed E-state index contributed by atoms with van der Waals surface area (Å²) in [5.41, 5.74) is 0.646. The van der Waals surface area contributed by atoms with Gasteiger partial charge in [-0.1, -0.05) is 6.42 Å². The fraction of sp³-hybridized carbons (Fsp3) is 0.409. The van der Waals surface area contributed by atoms with E-state index in [1.165, 1.54) is 37.6 Å². The largest absolute Gasteiger partial charge is 0.486 e. The molecule has 1 aliphatic rings. The molecule has 10 heteroatoms. The zero-order valence-electron chi connectivity index (χ0n) is 18.2. The first-order chi connectivity index (χ1) is 15.2. The molecule has 0 amide bonds. The first kappa shape index (κ1) is 22.2. The normalized spacial score (nSPS) is 21.3. The van der Waals surface area contributed by atoms with Crippen molar-refractivity contribution in [3.63, 3.8) is 0 Å².